The van der Waals surface area contributed by atoms with E-state index in [-0.39, 0.29) is 12.5 Å². The molecular weight excluding hydrogens is 282 g/mol. The molecule has 2 fully saturated rings. The summed E-state index contributed by atoms with van der Waals surface area (Å²) >= 11 is 1.87. The second-order valence-electron chi connectivity index (χ2n) is 5.01. The highest BCUT2D eigenvalue weighted by Gasteiger charge is 2.34. The molecule has 0 aromatic heterocycles. The Morgan fingerprint density at radius 2 is 2.30 bits per heavy atom. The Morgan fingerprint density at radius 1 is 1.50 bits per heavy atom. The van der Waals surface area contributed by atoms with Crippen LogP contribution in [0.1, 0.15) is 12.8 Å². The largest absolute Gasteiger partial charge is 0.481 e. The molecule has 2 heterocycles. The monoisotopic (exact) mass is 301 g/mol. The van der Waals surface area contributed by atoms with Crippen molar-refractivity contribution in [2.24, 2.45) is 5.92 Å². The van der Waals surface area contributed by atoms with Gasteiger partial charge in [0.05, 0.1) is 6.42 Å². The third kappa shape index (κ3) is 3.78. The molecule has 2 unspecified atom stereocenters. The van der Waals surface area contributed by atoms with Gasteiger partial charge in [0.15, 0.2) is 0 Å². The maximum Gasteiger partial charge on any atom is 0.318 e. The van der Waals surface area contributed by atoms with Crippen molar-refractivity contribution in [1.82, 2.24) is 15.5 Å². The van der Waals surface area contributed by atoms with Gasteiger partial charge in [0, 0.05) is 19.6 Å². The molecule has 2 rings (SSSR count). The van der Waals surface area contributed by atoms with Gasteiger partial charge >= 0.3 is 12.0 Å². The number of nitrogens with zero attached hydrogens (tertiary/aromatic N) is 1. The number of amides is 3. The quantitative estimate of drug-likeness (QED) is 0.663. The summed E-state index contributed by atoms with van der Waals surface area (Å²) in [5.74, 6) is 1.15. The van der Waals surface area contributed by atoms with Crippen LogP contribution in [0.5, 0.6) is 0 Å². The van der Waals surface area contributed by atoms with Crippen LogP contribution in [0, 0.1) is 5.92 Å². The normalized spacial score (nSPS) is 26.2. The van der Waals surface area contributed by atoms with Crippen LogP contribution in [0.4, 0.5) is 4.79 Å². The number of carbonyl (C=O) groups is 3. The summed E-state index contributed by atoms with van der Waals surface area (Å²) in [6.07, 6.45) is 0.725. The van der Waals surface area contributed by atoms with Crippen LogP contribution < -0.4 is 10.6 Å². The molecule has 20 heavy (non-hydrogen) atoms. The van der Waals surface area contributed by atoms with Gasteiger partial charge in [-0.05, 0) is 23.8 Å². The average Bonchev–Trinajstić information content (AvgIpc) is 2.91. The Balaban J connectivity index is 1.90. The van der Waals surface area contributed by atoms with Gasteiger partial charge in [-0.3, -0.25) is 9.59 Å². The molecular formula is C12H19N3O4S. The summed E-state index contributed by atoms with van der Waals surface area (Å²) in [7, 11) is 0. The lowest BCUT2D eigenvalue weighted by atomic mass is 10.1. The second-order valence-corrected chi connectivity index (χ2v) is 6.16. The van der Waals surface area contributed by atoms with Crippen LogP contribution >= 0.6 is 11.8 Å². The zero-order valence-corrected chi connectivity index (χ0v) is 11.9. The highest BCUT2D eigenvalue weighted by atomic mass is 32.2. The van der Waals surface area contributed by atoms with E-state index in [1.807, 2.05) is 11.8 Å². The fourth-order valence-corrected chi connectivity index (χ4v) is 3.69. The summed E-state index contributed by atoms with van der Waals surface area (Å²) < 4.78 is 0. The molecule has 3 amide bonds. The molecule has 112 valence electrons. The van der Waals surface area contributed by atoms with Crippen LogP contribution in [0.15, 0.2) is 0 Å². The van der Waals surface area contributed by atoms with E-state index >= 15 is 0 Å². The number of hydrogen-bond acceptors (Lipinski definition) is 4. The van der Waals surface area contributed by atoms with Crippen molar-refractivity contribution in [3.05, 3.63) is 0 Å². The number of urea groups is 1. The second kappa shape index (κ2) is 6.83. The lowest BCUT2D eigenvalue weighted by molar-refractivity contribution is -0.142. The minimum atomic E-state index is -1.09. The minimum absolute atomic E-state index is 0.342. The zero-order chi connectivity index (χ0) is 14.5. The summed E-state index contributed by atoms with van der Waals surface area (Å²) in [5, 5.41) is 14.3. The molecule has 2 saturated heterocycles. The van der Waals surface area contributed by atoms with Crippen molar-refractivity contribution < 1.29 is 19.5 Å². The first kappa shape index (κ1) is 15.0. The molecule has 0 saturated carbocycles. The number of carbonyl (C=O) groups excluding carboxylic acids is 2. The Bertz CT molecular complexity index is 398. The van der Waals surface area contributed by atoms with E-state index in [9.17, 15) is 14.4 Å². The number of carboxylic acids is 1. The van der Waals surface area contributed by atoms with Crippen molar-refractivity contribution >= 4 is 29.7 Å². The molecule has 7 nitrogen and oxygen atoms in total. The first-order chi connectivity index (χ1) is 9.58. The van der Waals surface area contributed by atoms with Gasteiger partial charge in [-0.1, -0.05) is 0 Å². The molecule has 0 bridgehead atoms. The van der Waals surface area contributed by atoms with Gasteiger partial charge in [0.25, 0.3) is 0 Å². The van der Waals surface area contributed by atoms with Crippen LogP contribution in [-0.2, 0) is 9.59 Å². The van der Waals surface area contributed by atoms with Crippen LogP contribution in [0.25, 0.3) is 0 Å². The zero-order valence-electron chi connectivity index (χ0n) is 11.1. The lowest BCUT2D eigenvalue weighted by Gasteiger charge is -2.34. The van der Waals surface area contributed by atoms with Gasteiger partial charge in [0.1, 0.15) is 6.04 Å². The minimum Gasteiger partial charge on any atom is -0.481 e. The van der Waals surface area contributed by atoms with Crippen molar-refractivity contribution in [3.8, 4) is 0 Å². The van der Waals surface area contributed by atoms with Crippen LogP contribution in [-0.4, -0.2) is 65.1 Å². The molecule has 0 aromatic rings. The van der Waals surface area contributed by atoms with Gasteiger partial charge in [-0.15, -0.1) is 0 Å². The molecule has 2 atom stereocenters. The number of thioether (sulfide) groups is 1. The van der Waals surface area contributed by atoms with Crippen molar-refractivity contribution in [2.75, 3.05) is 31.1 Å². The first-order valence-corrected chi connectivity index (χ1v) is 7.85. The molecule has 8 heteroatoms. The Hall–Kier alpha value is -1.44. The van der Waals surface area contributed by atoms with E-state index in [4.69, 9.17) is 5.11 Å². The number of hydrogen-bond donors (Lipinski definition) is 3. The highest BCUT2D eigenvalue weighted by Crippen LogP contribution is 2.22. The maximum absolute atomic E-state index is 12.1. The predicted octanol–water partition coefficient (Wildman–Crippen LogP) is -0.276. The third-order valence-corrected chi connectivity index (χ3v) is 4.76. The van der Waals surface area contributed by atoms with E-state index in [0.29, 0.717) is 25.6 Å². The van der Waals surface area contributed by atoms with Gasteiger partial charge in [-0.25, -0.2) is 4.79 Å². The molecule has 2 aliphatic heterocycles. The van der Waals surface area contributed by atoms with Crippen molar-refractivity contribution in [2.45, 2.75) is 18.9 Å². The number of rotatable bonds is 4. The number of aliphatic carboxylic acids is 1. The lowest BCUT2D eigenvalue weighted by Crippen LogP contribution is -2.60. The molecule has 0 spiro atoms. The Kier molecular flexibility index (Phi) is 5.11. The molecule has 3 N–H and O–H groups in total. The van der Waals surface area contributed by atoms with E-state index in [1.165, 1.54) is 4.90 Å². The molecule has 0 aliphatic carbocycles. The first-order valence-electron chi connectivity index (χ1n) is 6.69. The smallest absolute Gasteiger partial charge is 0.318 e. The van der Waals surface area contributed by atoms with E-state index in [0.717, 1.165) is 17.9 Å². The summed E-state index contributed by atoms with van der Waals surface area (Å²) in [6, 6.07) is -1.26. The fourth-order valence-electron chi connectivity index (χ4n) is 2.40. The van der Waals surface area contributed by atoms with E-state index in [2.05, 4.69) is 10.6 Å². The summed E-state index contributed by atoms with van der Waals surface area (Å²) in [6.45, 7) is 1.29. The standard InChI is InChI=1S/C12H19N3O4S/c16-10(17)5-9-11(18)13-2-3-15(9)12(19)14-6-8-1-4-20-7-8/h8-9H,1-7H2,(H,13,18)(H,14,19)(H,16,17). The van der Waals surface area contributed by atoms with E-state index in [1.54, 1.807) is 0 Å². The fraction of sp³-hybridized carbons (Fsp3) is 0.750. The molecule has 0 radical (unpaired) electrons. The topological polar surface area (TPSA) is 98.7 Å². The Morgan fingerprint density at radius 3 is 2.95 bits per heavy atom. The van der Waals surface area contributed by atoms with Crippen molar-refractivity contribution in [3.63, 3.8) is 0 Å². The average molecular weight is 301 g/mol. The third-order valence-electron chi connectivity index (χ3n) is 3.53. The Labute approximate surface area is 121 Å². The van der Waals surface area contributed by atoms with Gasteiger partial charge in [0.2, 0.25) is 5.91 Å². The predicted molar refractivity (Wildman–Crippen MR) is 74.6 cm³/mol. The van der Waals surface area contributed by atoms with Crippen LogP contribution in [0.2, 0.25) is 0 Å². The highest BCUT2D eigenvalue weighted by molar-refractivity contribution is 7.99. The molecule has 0 aromatic carbocycles. The molecule has 2 aliphatic rings. The van der Waals surface area contributed by atoms with Gasteiger partial charge in [-0.2, -0.15) is 11.8 Å². The SMILES string of the molecule is O=C(O)CC1C(=O)NCCN1C(=O)NCC1CCSC1. The van der Waals surface area contributed by atoms with Crippen LogP contribution in [0.3, 0.4) is 0 Å². The number of nitrogens with one attached hydrogen (secondary N) is 2. The number of piperazine rings is 1. The maximum atomic E-state index is 12.1. The van der Waals surface area contributed by atoms with E-state index < -0.39 is 17.9 Å². The van der Waals surface area contributed by atoms with Crippen molar-refractivity contribution in [1.29, 1.82) is 0 Å². The summed E-state index contributed by atoms with van der Waals surface area (Å²) in [4.78, 5) is 36.0. The van der Waals surface area contributed by atoms with Gasteiger partial charge < -0.3 is 20.6 Å². The summed E-state index contributed by atoms with van der Waals surface area (Å²) in [5.41, 5.74) is 0. The number of carboxylic acid groups (broad SMARTS) is 1.